The van der Waals surface area contributed by atoms with Crippen molar-refractivity contribution >= 4 is 0 Å². The first-order valence-corrected chi connectivity index (χ1v) is 7.36. The molecule has 0 atom stereocenters. The second-order valence-corrected chi connectivity index (χ2v) is 5.17. The van der Waals surface area contributed by atoms with E-state index in [1.165, 1.54) is 17.0 Å². The van der Waals surface area contributed by atoms with Crippen molar-refractivity contribution < 1.29 is 5.21 Å². The SMILES string of the molecule is ON(CCCCCc1ccccc1)Cc1ccccc1. The van der Waals surface area contributed by atoms with Gasteiger partial charge in [-0.15, -0.1) is 0 Å². The highest BCUT2D eigenvalue weighted by Gasteiger charge is 2.01. The van der Waals surface area contributed by atoms with Gasteiger partial charge in [0.25, 0.3) is 0 Å². The molecule has 0 aromatic heterocycles. The molecule has 0 heterocycles. The standard InChI is InChI=1S/C18H23NO/c20-19(16-18-13-6-2-7-14-18)15-9-3-8-12-17-10-4-1-5-11-17/h1-2,4-7,10-11,13-14,20H,3,8-9,12,15-16H2. The van der Waals surface area contributed by atoms with Crippen LogP contribution in [-0.4, -0.2) is 16.8 Å². The van der Waals surface area contributed by atoms with Crippen molar-refractivity contribution in [2.75, 3.05) is 6.54 Å². The third-order valence-corrected chi connectivity index (χ3v) is 3.43. The largest absolute Gasteiger partial charge is 0.314 e. The number of hydrogen-bond acceptors (Lipinski definition) is 2. The Balaban J connectivity index is 1.57. The number of hydroxylamine groups is 2. The van der Waals surface area contributed by atoms with Crippen molar-refractivity contribution in [1.29, 1.82) is 0 Å². The lowest BCUT2D eigenvalue weighted by Crippen LogP contribution is -2.19. The molecule has 2 aromatic carbocycles. The Hall–Kier alpha value is -1.64. The maximum absolute atomic E-state index is 9.85. The number of nitrogens with zero attached hydrogens (tertiary/aromatic N) is 1. The quantitative estimate of drug-likeness (QED) is 0.571. The van der Waals surface area contributed by atoms with Crippen LogP contribution in [0.5, 0.6) is 0 Å². The van der Waals surface area contributed by atoms with Gasteiger partial charge in [0.15, 0.2) is 0 Å². The van der Waals surface area contributed by atoms with E-state index in [4.69, 9.17) is 0 Å². The molecule has 20 heavy (non-hydrogen) atoms. The summed E-state index contributed by atoms with van der Waals surface area (Å²) in [4.78, 5) is 0. The molecule has 2 rings (SSSR count). The van der Waals surface area contributed by atoms with Crippen LogP contribution in [0.2, 0.25) is 0 Å². The van der Waals surface area contributed by atoms with Crippen LogP contribution in [0.4, 0.5) is 0 Å². The van der Waals surface area contributed by atoms with Crippen molar-refractivity contribution in [3.63, 3.8) is 0 Å². The Bertz CT molecular complexity index is 469. The van der Waals surface area contributed by atoms with Gasteiger partial charge in [-0.3, -0.25) is 0 Å². The Kier molecular flexibility index (Phi) is 6.28. The van der Waals surface area contributed by atoms with Crippen molar-refractivity contribution in [3.05, 3.63) is 71.8 Å². The van der Waals surface area contributed by atoms with Crippen LogP contribution in [0.1, 0.15) is 30.4 Å². The van der Waals surface area contributed by atoms with E-state index in [2.05, 4.69) is 30.3 Å². The minimum atomic E-state index is 0.611. The van der Waals surface area contributed by atoms with E-state index in [1.54, 1.807) is 0 Å². The Morgan fingerprint density at radius 3 is 1.95 bits per heavy atom. The average molecular weight is 269 g/mol. The lowest BCUT2D eigenvalue weighted by Gasteiger charge is -2.14. The fourth-order valence-electron chi connectivity index (χ4n) is 2.32. The second kappa shape index (κ2) is 8.51. The van der Waals surface area contributed by atoms with E-state index >= 15 is 0 Å². The number of unbranched alkanes of at least 4 members (excludes halogenated alkanes) is 2. The summed E-state index contributed by atoms with van der Waals surface area (Å²) in [7, 11) is 0. The van der Waals surface area contributed by atoms with E-state index in [0.29, 0.717) is 6.54 Å². The zero-order valence-electron chi connectivity index (χ0n) is 11.9. The van der Waals surface area contributed by atoms with Crippen LogP contribution < -0.4 is 0 Å². The highest BCUT2D eigenvalue weighted by molar-refractivity contribution is 5.15. The highest BCUT2D eigenvalue weighted by atomic mass is 16.5. The smallest absolute Gasteiger partial charge is 0.0488 e. The van der Waals surface area contributed by atoms with Gasteiger partial charge >= 0.3 is 0 Å². The van der Waals surface area contributed by atoms with Crippen LogP contribution >= 0.6 is 0 Å². The van der Waals surface area contributed by atoms with E-state index in [0.717, 1.165) is 31.4 Å². The Morgan fingerprint density at radius 2 is 1.30 bits per heavy atom. The molecule has 0 aliphatic carbocycles. The topological polar surface area (TPSA) is 23.5 Å². The summed E-state index contributed by atoms with van der Waals surface area (Å²) in [5.41, 5.74) is 2.55. The van der Waals surface area contributed by atoms with Crippen LogP contribution in [0, 0.1) is 0 Å². The number of rotatable bonds is 8. The zero-order valence-corrected chi connectivity index (χ0v) is 11.9. The van der Waals surface area contributed by atoms with E-state index < -0.39 is 0 Å². The molecule has 0 radical (unpaired) electrons. The first kappa shape index (κ1) is 14.8. The molecule has 0 fully saturated rings. The molecule has 106 valence electrons. The molecule has 2 nitrogen and oxygen atoms in total. The summed E-state index contributed by atoms with van der Waals surface area (Å²) >= 11 is 0. The zero-order chi connectivity index (χ0) is 14.0. The molecule has 0 spiro atoms. The first-order valence-electron chi connectivity index (χ1n) is 7.36. The van der Waals surface area contributed by atoms with Crippen molar-refractivity contribution in [2.45, 2.75) is 32.2 Å². The summed E-state index contributed by atoms with van der Waals surface area (Å²) in [5.74, 6) is 0. The lowest BCUT2D eigenvalue weighted by atomic mass is 10.1. The molecule has 1 N–H and O–H groups in total. The number of benzene rings is 2. The molecular formula is C18H23NO. The van der Waals surface area contributed by atoms with Gasteiger partial charge in [0.1, 0.15) is 0 Å². The third-order valence-electron chi connectivity index (χ3n) is 3.43. The van der Waals surface area contributed by atoms with Gasteiger partial charge in [-0.2, -0.15) is 5.06 Å². The second-order valence-electron chi connectivity index (χ2n) is 5.17. The van der Waals surface area contributed by atoms with Crippen LogP contribution in [0.15, 0.2) is 60.7 Å². The summed E-state index contributed by atoms with van der Waals surface area (Å²) < 4.78 is 0. The van der Waals surface area contributed by atoms with Crippen molar-refractivity contribution in [2.24, 2.45) is 0 Å². The Labute approximate surface area is 121 Å². The molecule has 2 heteroatoms. The molecule has 0 bridgehead atoms. The summed E-state index contributed by atoms with van der Waals surface area (Å²) in [6, 6.07) is 20.7. The Morgan fingerprint density at radius 1 is 0.700 bits per heavy atom. The van der Waals surface area contributed by atoms with Crippen LogP contribution in [0.3, 0.4) is 0 Å². The molecule has 0 saturated heterocycles. The predicted octanol–water partition coefficient (Wildman–Crippen LogP) is 4.29. The third kappa shape index (κ3) is 5.55. The van der Waals surface area contributed by atoms with Crippen LogP contribution in [-0.2, 0) is 13.0 Å². The average Bonchev–Trinajstić information content (AvgIpc) is 2.49. The summed E-state index contributed by atoms with van der Waals surface area (Å²) in [5, 5.41) is 11.3. The normalized spacial score (nSPS) is 10.9. The molecule has 0 unspecified atom stereocenters. The fourth-order valence-corrected chi connectivity index (χ4v) is 2.32. The molecule has 0 aliphatic rings. The minimum absolute atomic E-state index is 0.611. The first-order chi connectivity index (χ1) is 9.84. The van der Waals surface area contributed by atoms with E-state index in [1.807, 2.05) is 30.3 Å². The van der Waals surface area contributed by atoms with Gasteiger partial charge in [0.2, 0.25) is 0 Å². The van der Waals surface area contributed by atoms with Crippen molar-refractivity contribution in [1.82, 2.24) is 5.06 Å². The lowest BCUT2D eigenvalue weighted by molar-refractivity contribution is -0.100. The van der Waals surface area contributed by atoms with Gasteiger partial charge in [0, 0.05) is 13.1 Å². The molecule has 0 amide bonds. The number of hydrogen-bond donors (Lipinski definition) is 1. The van der Waals surface area contributed by atoms with Gasteiger partial charge in [-0.05, 0) is 30.4 Å². The molecular weight excluding hydrogens is 246 g/mol. The van der Waals surface area contributed by atoms with Gasteiger partial charge in [0.05, 0.1) is 0 Å². The predicted molar refractivity (Wildman–Crippen MR) is 82.6 cm³/mol. The minimum Gasteiger partial charge on any atom is -0.314 e. The highest BCUT2D eigenvalue weighted by Crippen LogP contribution is 2.08. The summed E-state index contributed by atoms with van der Waals surface area (Å²) in [6.45, 7) is 1.35. The van der Waals surface area contributed by atoms with Gasteiger partial charge in [-0.25, -0.2) is 0 Å². The molecule has 0 aliphatic heterocycles. The maximum atomic E-state index is 9.85. The van der Waals surface area contributed by atoms with E-state index in [9.17, 15) is 5.21 Å². The summed E-state index contributed by atoms with van der Waals surface area (Å²) in [6.07, 6.45) is 4.51. The maximum Gasteiger partial charge on any atom is 0.0488 e. The van der Waals surface area contributed by atoms with Gasteiger partial charge in [-0.1, -0.05) is 67.1 Å². The monoisotopic (exact) mass is 269 g/mol. The van der Waals surface area contributed by atoms with Crippen molar-refractivity contribution in [3.8, 4) is 0 Å². The van der Waals surface area contributed by atoms with E-state index in [-0.39, 0.29) is 0 Å². The number of aryl methyl sites for hydroxylation is 1. The van der Waals surface area contributed by atoms with Crippen LogP contribution in [0.25, 0.3) is 0 Å². The molecule has 2 aromatic rings. The molecule has 0 saturated carbocycles. The van der Waals surface area contributed by atoms with Gasteiger partial charge < -0.3 is 5.21 Å². The fraction of sp³-hybridized carbons (Fsp3) is 0.333.